The third kappa shape index (κ3) is 6.45. The molecule has 0 saturated heterocycles. The number of nitrogens with zero attached hydrogens (tertiary/aromatic N) is 1. The van der Waals surface area contributed by atoms with Gasteiger partial charge in [-0.05, 0) is 17.7 Å². The average Bonchev–Trinajstić information content (AvgIpc) is 2.98. The molecular weight excluding hydrogens is 355 g/mol. The van der Waals surface area contributed by atoms with Crippen LogP contribution in [0.15, 0.2) is 30.5 Å². The Morgan fingerprint density at radius 2 is 2.00 bits per heavy atom. The highest BCUT2D eigenvalue weighted by Crippen LogP contribution is 2.29. The number of ether oxygens (including phenoxy) is 1. The third-order valence-electron chi connectivity index (χ3n) is 3.23. The molecule has 0 aliphatic heterocycles. The highest BCUT2D eigenvalue weighted by molar-refractivity contribution is 7.15. The Morgan fingerprint density at radius 1 is 1.28 bits per heavy atom. The van der Waals surface area contributed by atoms with Crippen molar-refractivity contribution in [1.29, 1.82) is 0 Å². The molecule has 1 amide bonds. The lowest BCUT2D eigenvalue weighted by Gasteiger charge is -2.06. The van der Waals surface area contributed by atoms with Crippen LogP contribution in [0.4, 0.5) is 18.3 Å². The lowest BCUT2D eigenvalue weighted by molar-refractivity contribution is -0.137. The van der Waals surface area contributed by atoms with Gasteiger partial charge >= 0.3 is 6.18 Å². The highest BCUT2D eigenvalue weighted by atomic mass is 32.1. The normalized spacial score (nSPS) is 11.5. The lowest BCUT2D eigenvalue weighted by atomic mass is 10.1. The van der Waals surface area contributed by atoms with Crippen LogP contribution in [0.25, 0.3) is 0 Å². The number of carbonyl (C=O) groups is 1. The first-order valence-electron chi connectivity index (χ1n) is 7.49. The predicted molar refractivity (Wildman–Crippen MR) is 89.7 cm³/mol. The van der Waals surface area contributed by atoms with Crippen molar-refractivity contribution in [3.63, 3.8) is 0 Å². The summed E-state index contributed by atoms with van der Waals surface area (Å²) in [5.41, 5.74) is 0.0743. The molecule has 0 aliphatic rings. The Morgan fingerprint density at radius 3 is 2.64 bits per heavy atom. The summed E-state index contributed by atoms with van der Waals surface area (Å²) in [5.74, 6) is -0.216. The lowest BCUT2D eigenvalue weighted by Crippen LogP contribution is -2.30. The molecule has 1 aromatic carbocycles. The van der Waals surface area contributed by atoms with Crippen LogP contribution >= 0.6 is 11.3 Å². The van der Waals surface area contributed by atoms with Gasteiger partial charge in [0.15, 0.2) is 5.13 Å². The zero-order chi connectivity index (χ0) is 18.3. The molecule has 1 aromatic heterocycles. The average molecular weight is 373 g/mol. The van der Waals surface area contributed by atoms with Gasteiger partial charge in [-0.1, -0.05) is 12.1 Å². The Hall–Kier alpha value is -1.97. The van der Waals surface area contributed by atoms with Crippen LogP contribution in [0.5, 0.6) is 0 Å². The van der Waals surface area contributed by atoms with E-state index in [1.807, 2.05) is 0 Å². The number of hydrogen-bond acceptors (Lipinski definition) is 5. The summed E-state index contributed by atoms with van der Waals surface area (Å²) < 4.78 is 42.5. The number of carbonyl (C=O) groups excluding carboxylic acids is 1. The zero-order valence-electron chi connectivity index (χ0n) is 13.5. The fourth-order valence-corrected chi connectivity index (χ4v) is 2.86. The standard InChI is InChI=1S/C16H18F3N3O2S/c1-24-7-6-20-10-14(23)22-15-21-9-13(25-15)8-11-2-4-12(5-3-11)16(17,18)19/h2-5,9,20H,6-8,10H2,1H3,(H,21,22,23). The Bertz CT molecular complexity index is 687. The zero-order valence-corrected chi connectivity index (χ0v) is 14.3. The molecule has 0 unspecified atom stereocenters. The summed E-state index contributed by atoms with van der Waals surface area (Å²) >= 11 is 1.29. The summed E-state index contributed by atoms with van der Waals surface area (Å²) in [6.45, 7) is 1.24. The van der Waals surface area contributed by atoms with Crippen molar-refractivity contribution in [2.45, 2.75) is 12.6 Å². The molecule has 0 spiro atoms. The topological polar surface area (TPSA) is 63.2 Å². The van der Waals surface area contributed by atoms with Crippen LogP contribution in [0.1, 0.15) is 16.0 Å². The fourth-order valence-electron chi connectivity index (χ4n) is 2.00. The number of benzene rings is 1. The number of alkyl halides is 3. The Balaban J connectivity index is 1.85. The molecule has 9 heteroatoms. The number of hydrogen-bond donors (Lipinski definition) is 2. The quantitative estimate of drug-likeness (QED) is 0.699. The van der Waals surface area contributed by atoms with E-state index in [0.717, 1.165) is 22.6 Å². The molecule has 0 aliphatic carbocycles. The van der Waals surface area contributed by atoms with Gasteiger partial charge in [0.25, 0.3) is 0 Å². The van der Waals surface area contributed by atoms with E-state index in [0.29, 0.717) is 24.7 Å². The summed E-state index contributed by atoms with van der Waals surface area (Å²) in [5, 5.41) is 6.05. The van der Waals surface area contributed by atoms with E-state index in [1.165, 1.54) is 23.5 Å². The summed E-state index contributed by atoms with van der Waals surface area (Å²) in [4.78, 5) is 16.7. The van der Waals surface area contributed by atoms with Gasteiger partial charge in [0.05, 0.1) is 18.7 Å². The molecule has 25 heavy (non-hydrogen) atoms. The van der Waals surface area contributed by atoms with Gasteiger partial charge in [0.1, 0.15) is 0 Å². The maximum Gasteiger partial charge on any atom is 0.416 e. The number of anilines is 1. The van der Waals surface area contributed by atoms with Gasteiger partial charge in [-0.25, -0.2) is 4.98 Å². The fraction of sp³-hybridized carbons (Fsp3) is 0.375. The summed E-state index contributed by atoms with van der Waals surface area (Å²) in [7, 11) is 1.58. The van der Waals surface area contributed by atoms with Crippen molar-refractivity contribution in [3.05, 3.63) is 46.5 Å². The van der Waals surface area contributed by atoms with Crippen LogP contribution in [0.2, 0.25) is 0 Å². The van der Waals surface area contributed by atoms with E-state index in [2.05, 4.69) is 15.6 Å². The monoisotopic (exact) mass is 373 g/mol. The molecule has 2 N–H and O–H groups in total. The smallest absolute Gasteiger partial charge is 0.383 e. The molecule has 0 fully saturated rings. The molecule has 0 bridgehead atoms. The molecule has 5 nitrogen and oxygen atoms in total. The second-order valence-corrected chi connectivity index (χ2v) is 6.34. The molecule has 0 radical (unpaired) electrons. The second-order valence-electron chi connectivity index (χ2n) is 5.22. The molecule has 0 saturated carbocycles. The summed E-state index contributed by atoms with van der Waals surface area (Å²) in [6.07, 6.45) is -2.27. The van der Waals surface area contributed by atoms with Crippen molar-refractivity contribution in [3.8, 4) is 0 Å². The molecule has 2 rings (SSSR count). The number of aromatic nitrogens is 1. The van der Waals surface area contributed by atoms with Crippen LogP contribution in [0.3, 0.4) is 0 Å². The van der Waals surface area contributed by atoms with E-state index in [-0.39, 0.29) is 12.5 Å². The number of nitrogens with one attached hydrogen (secondary N) is 2. The number of thiazole rings is 1. The molecule has 2 aromatic rings. The van der Waals surface area contributed by atoms with E-state index >= 15 is 0 Å². The third-order valence-corrected chi connectivity index (χ3v) is 4.14. The molecular formula is C16H18F3N3O2S. The van der Waals surface area contributed by atoms with E-state index < -0.39 is 11.7 Å². The van der Waals surface area contributed by atoms with E-state index in [9.17, 15) is 18.0 Å². The van der Waals surface area contributed by atoms with Gasteiger partial charge in [-0.3, -0.25) is 4.79 Å². The number of methoxy groups -OCH3 is 1. The van der Waals surface area contributed by atoms with Gasteiger partial charge < -0.3 is 15.4 Å². The highest BCUT2D eigenvalue weighted by Gasteiger charge is 2.29. The Kier molecular flexibility index (Phi) is 6.91. The van der Waals surface area contributed by atoms with Crippen molar-refractivity contribution >= 4 is 22.4 Å². The van der Waals surface area contributed by atoms with Crippen molar-refractivity contribution in [2.75, 3.05) is 32.1 Å². The van der Waals surface area contributed by atoms with Gasteiger partial charge in [-0.2, -0.15) is 13.2 Å². The van der Waals surface area contributed by atoms with Gasteiger partial charge in [0, 0.05) is 31.1 Å². The minimum absolute atomic E-state index is 0.150. The SMILES string of the molecule is COCCNCC(=O)Nc1ncc(Cc2ccc(C(F)(F)F)cc2)s1. The number of rotatable bonds is 8. The van der Waals surface area contributed by atoms with Crippen molar-refractivity contribution in [1.82, 2.24) is 10.3 Å². The van der Waals surface area contributed by atoms with Crippen LogP contribution in [-0.4, -0.2) is 37.7 Å². The largest absolute Gasteiger partial charge is 0.416 e. The van der Waals surface area contributed by atoms with E-state index in [1.54, 1.807) is 13.3 Å². The number of amides is 1. The number of halogens is 3. The molecule has 1 heterocycles. The van der Waals surface area contributed by atoms with Crippen LogP contribution < -0.4 is 10.6 Å². The first-order chi connectivity index (χ1) is 11.9. The van der Waals surface area contributed by atoms with E-state index in [4.69, 9.17) is 4.74 Å². The minimum atomic E-state index is -4.34. The maximum absolute atomic E-state index is 12.5. The maximum atomic E-state index is 12.5. The molecule has 136 valence electrons. The predicted octanol–water partition coefficient (Wildman–Crippen LogP) is 2.93. The Labute approximate surface area is 147 Å². The molecule has 0 atom stereocenters. The minimum Gasteiger partial charge on any atom is -0.383 e. The van der Waals surface area contributed by atoms with Crippen LogP contribution in [0, 0.1) is 0 Å². The van der Waals surface area contributed by atoms with Gasteiger partial charge in [-0.15, -0.1) is 11.3 Å². The first-order valence-corrected chi connectivity index (χ1v) is 8.30. The first kappa shape index (κ1) is 19.4. The van der Waals surface area contributed by atoms with Crippen LogP contribution in [-0.2, 0) is 22.1 Å². The van der Waals surface area contributed by atoms with Crippen molar-refractivity contribution in [2.24, 2.45) is 0 Å². The summed E-state index contributed by atoms with van der Waals surface area (Å²) in [6, 6.07) is 5.01. The second kappa shape index (κ2) is 8.93. The van der Waals surface area contributed by atoms with Crippen molar-refractivity contribution < 1.29 is 22.7 Å². The van der Waals surface area contributed by atoms with Gasteiger partial charge in [0.2, 0.25) is 5.91 Å².